The lowest BCUT2D eigenvalue weighted by molar-refractivity contribution is 0.167. The first-order valence-corrected chi connectivity index (χ1v) is 5.18. The zero-order chi connectivity index (χ0) is 11.8. The van der Waals surface area contributed by atoms with Gasteiger partial charge in [0, 0.05) is 12.2 Å². The summed E-state index contributed by atoms with van der Waals surface area (Å²) in [4.78, 5) is 0. The van der Waals surface area contributed by atoms with E-state index in [2.05, 4.69) is 18.0 Å². The first kappa shape index (κ1) is 12.3. The van der Waals surface area contributed by atoms with Crippen LogP contribution >= 0.6 is 0 Å². The van der Waals surface area contributed by atoms with Crippen LogP contribution in [0.3, 0.4) is 0 Å². The van der Waals surface area contributed by atoms with Crippen LogP contribution in [0.1, 0.15) is 12.5 Å². The average Bonchev–Trinajstić information content (AvgIpc) is 2.28. The smallest absolute Gasteiger partial charge is 0.0992 e. The van der Waals surface area contributed by atoms with E-state index in [4.69, 9.17) is 10.00 Å². The fourth-order valence-electron chi connectivity index (χ4n) is 1.21. The highest BCUT2D eigenvalue weighted by Gasteiger charge is 1.94. The summed E-state index contributed by atoms with van der Waals surface area (Å²) < 4.78 is 5.35. The predicted octanol–water partition coefficient (Wildman–Crippen LogP) is 2.56. The fourth-order valence-corrected chi connectivity index (χ4v) is 1.21. The van der Waals surface area contributed by atoms with E-state index in [-0.39, 0.29) is 0 Å². The molecule has 0 saturated carbocycles. The van der Waals surface area contributed by atoms with Gasteiger partial charge >= 0.3 is 0 Å². The number of rotatable bonds is 6. The molecule has 1 N–H and O–H groups in total. The van der Waals surface area contributed by atoms with Gasteiger partial charge in [-0.1, -0.05) is 18.2 Å². The molecule has 0 heterocycles. The topological polar surface area (TPSA) is 45.0 Å². The van der Waals surface area contributed by atoms with Crippen molar-refractivity contribution in [1.29, 1.82) is 5.26 Å². The van der Waals surface area contributed by atoms with Crippen molar-refractivity contribution in [3.8, 4) is 6.07 Å². The number of hydrogen-bond donors (Lipinski definition) is 1. The number of ether oxygens (including phenoxy) is 1. The molecular formula is C13H16N2O. The van der Waals surface area contributed by atoms with Gasteiger partial charge in [-0.15, -0.1) is 0 Å². The second-order valence-corrected chi connectivity index (χ2v) is 3.63. The van der Waals surface area contributed by atoms with E-state index in [0.29, 0.717) is 18.8 Å². The van der Waals surface area contributed by atoms with Gasteiger partial charge in [0.2, 0.25) is 0 Å². The average molecular weight is 216 g/mol. The molecule has 3 nitrogen and oxygen atoms in total. The van der Waals surface area contributed by atoms with Crippen molar-refractivity contribution in [3.05, 3.63) is 42.0 Å². The summed E-state index contributed by atoms with van der Waals surface area (Å²) in [5, 5.41) is 11.9. The maximum atomic E-state index is 8.72. The molecule has 0 unspecified atom stereocenters. The Morgan fingerprint density at radius 3 is 3.06 bits per heavy atom. The van der Waals surface area contributed by atoms with E-state index in [9.17, 15) is 0 Å². The quantitative estimate of drug-likeness (QED) is 0.587. The molecule has 0 amide bonds. The van der Waals surface area contributed by atoms with Crippen molar-refractivity contribution in [1.82, 2.24) is 0 Å². The highest BCUT2D eigenvalue weighted by atomic mass is 16.5. The van der Waals surface area contributed by atoms with Gasteiger partial charge in [0.25, 0.3) is 0 Å². The molecule has 0 spiro atoms. The molecule has 0 bridgehead atoms. The van der Waals surface area contributed by atoms with E-state index in [0.717, 1.165) is 17.8 Å². The Balaban J connectivity index is 2.27. The Morgan fingerprint density at radius 2 is 2.38 bits per heavy atom. The molecule has 0 aliphatic heterocycles. The lowest BCUT2D eigenvalue weighted by atomic mass is 10.2. The Hall–Kier alpha value is -1.79. The summed E-state index contributed by atoms with van der Waals surface area (Å²) in [5.74, 6) is 0. The van der Waals surface area contributed by atoms with Gasteiger partial charge in [0.05, 0.1) is 24.8 Å². The summed E-state index contributed by atoms with van der Waals surface area (Å²) in [6, 6.07) is 9.49. The summed E-state index contributed by atoms with van der Waals surface area (Å²) in [6.07, 6.45) is 0. The number of benzene rings is 1. The van der Waals surface area contributed by atoms with Crippen LogP contribution in [0.4, 0.5) is 5.69 Å². The molecule has 0 aromatic heterocycles. The van der Waals surface area contributed by atoms with Gasteiger partial charge in [0.15, 0.2) is 0 Å². The molecule has 0 saturated heterocycles. The third-order valence-electron chi connectivity index (χ3n) is 1.92. The molecule has 0 radical (unpaired) electrons. The van der Waals surface area contributed by atoms with E-state index < -0.39 is 0 Å². The van der Waals surface area contributed by atoms with Crippen molar-refractivity contribution < 1.29 is 4.74 Å². The van der Waals surface area contributed by atoms with Crippen molar-refractivity contribution >= 4 is 5.69 Å². The van der Waals surface area contributed by atoms with Crippen molar-refractivity contribution in [2.24, 2.45) is 0 Å². The lowest BCUT2D eigenvalue weighted by Gasteiger charge is -2.07. The van der Waals surface area contributed by atoms with Crippen LogP contribution in [0.5, 0.6) is 0 Å². The second kappa shape index (κ2) is 6.65. The SMILES string of the molecule is C=C(C)COCCNc1cccc(C#N)c1. The molecule has 0 aliphatic rings. The number of anilines is 1. The number of nitriles is 1. The number of nitrogens with zero attached hydrogens (tertiary/aromatic N) is 1. The van der Waals surface area contributed by atoms with Gasteiger partial charge in [-0.05, 0) is 25.1 Å². The number of nitrogens with one attached hydrogen (secondary N) is 1. The maximum Gasteiger partial charge on any atom is 0.0992 e. The Bertz CT molecular complexity index is 393. The van der Waals surface area contributed by atoms with Crippen LogP contribution in [-0.2, 0) is 4.74 Å². The van der Waals surface area contributed by atoms with E-state index in [1.54, 1.807) is 6.07 Å². The van der Waals surface area contributed by atoms with Crippen molar-refractivity contribution in [2.45, 2.75) is 6.92 Å². The Morgan fingerprint density at radius 1 is 1.56 bits per heavy atom. The largest absolute Gasteiger partial charge is 0.383 e. The molecule has 3 heteroatoms. The lowest BCUT2D eigenvalue weighted by Crippen LogP contribution is -2.10. The third kappa shape index (κ3) is 4.63. The predicted molar refractivity (Wildman–Crippen MR) is 65.3 cm³/mol. The minimum absolute atomic E-state index is 0.597. The van der Waals surface area contributed by atoms with Gasteiger partial charge < -0.3 is 10.1 Å². The first-order valence-electron chi connectivity index (χ1n) is 5.18. The summed E-state index contributed by atoms with van der Waals surface area (Å²) in [6.45, 7) is 7.64. The fraction of sp³-hybridized carbons (Fsp3) is 0.308. The van der Waals surface area contributed by atoms with Gasteiger partial charge in [0.1, 0.15) is 0 Å². The highest BCUT2D eigenvalue weighted by molar-refractivity contribution is 5.48. The minimum atomic E-state index is 0.597. The Kier molecular flexibility index (Phi) is 5.10. The van der Waals surface area contributed by atoms with Crippen LogP contribution in [0.15, 0.2) is 36.4 Å². The van der Waals surface area contributed by atoms with E-state index in [1.165, 1.54) is 0 Å². The molecular weight excluding hydrogens is 200 g/mol. The molecule has 0 aliphatic carbocycles. The van der Waals surface area contributed by atoms with Crippen LogP contribution in [0.2, 0.25) is 0 Å². The van der Waals surface area contributed by atoms with Crippen molar-refractivity contribution in [3.63, 3.8) is 0 Å². The Labute approximate surface area is 96.4 Å². The van der Waals surface area contributed by atoms with E-state index >= 15 is 0 Å². The summed E-state index contributed by atoms with van der Waals surface area (Å²) in [5.41, 5.74) is 2.62. The summed E-state index contributed by atoms with van der Waals surface area (Å²) >= 11 is 0. The van der Waals surface area contributed by atoms with Gasteiger partial charge in [-0.2, -0.15) is 5.26 Å². The van der Waals surface area contributed by atoms with Crippen LogP contribution in [0.25, 0.3) is 0 Å². The molecule has 16 heavy (non-hydrogen) atoms. The highest BCUT2D eigenvalue weighted by Crippen LogP contribution is 2.08. The molecule has 1 aromatic carbocycles. The zero-order valence-corrected chi connectivity index (χ0v) is 9.49. The molecule has 0 fully saturated rings. The standard InChI is InChI=1S/C13H16N2O/c1-11(2)10-16-7-6-15-13-5-3-4-12(8-13)9-14/h3-5,8,15H,1,6-7,10H2,2H3. The summed E-state index contributed by atoms with van der Waals surface area (Å²) in [7, 11) is 0. The van der Waals surface area contributed by atoms with Crippen LogP contribution in [0, 0.1) is 11.3 Å². The maximum absolute atomic E-state index is 8.72. The number of hydrogen-bond acceptors (Lipinski definition) is 3. The van der Waals surface area contributed by atoms with Crippen molar-refractivity contribution in [2.75, 3.05) is 25.1 Å². The molecule has 1 rings (SSSR count). The third-order valence-corrected chi connectivity index (χ3v) is 1.92. The van der Waals surface area contributed by atoms with Crippen LogP contribution in [-0.4, -0.2) is 19.8 Å². The molecule has 1 aromatic rings. The van der Waals surface area contributed by atoms with Crippen LogP contribution < -0.4 is 5.32 Å². The minimum Gasteiger partial charge on any atom is -0.383 e. The molecule has 0 atom stereocenters. The first-order chi connectivity index (χ1) is 7.72. The van der Waals surface area contributed by atoms with E-state index in [1.807, 2.05) is 25.1 Å². The van der Waals surface area contributed by atoms with Gasteiger partial charge in [-0.3, -0.25) is 0 Å². The normalized spacial score (nSPS) is 9.50. The molecule has 84 valence electrons. The zero-order valence-electron chi connectivity index (χ0n) is 9.49. The van der Waals surface area contributed by atoms with Gasteiger partial charge in [-0.25, -0.2) is 0 Å². The monoisotopic (exact) mass is 216 g/mol. The second-order valence-electron chi connectivity index (χ2n) is 3.63.